The molecular formula is C16H29N3O3. The molecule has 0 unspecified atom stereocenters. The van der Waals surface area contributed by atoms with Gasteiger partial charge in [0.25, 0.3) is 0 Å². The highest BCUT2D eigenvalue weighted by Gasteiger charge is 2.43. The number of likely N-dealkylation sites (tertiary alicyclic amines) is 1. The Balaban J connectivity index is 1.41. The second-order valence-corrected chi connectivity index (χ2v) is 6.93. The molecule has 6 nitrogen and oxygen atoms in total. The predicted molar refractivity (Wildman–Crippen MR) is 83.8 cm³/mol. The van der Waals surface area contributed by atoms with E-state index in [4.69, 9.17) is 4.74 Å². The van der Waals surface area contributed by atoms with Crippen LogP contribution in [0.25, 0.3) is 0 Å². The van der Waals surface area contributed by atoms with Crippen molar-refractivity contribution in [1.29, 1.82) is 0 Å². The molecule has 2 N–H and O–H groups in total. The van der Waals surface area contributed by atoms with Crippen LogP contribution in [0, 0.1) is 5.92 Å². The highest BCUT2D eigenvalue weighted by molar-refractivity contribution is 5.74. The molecule has 1 aliphatic carbocycles. The second kappa shape index (κ2) is 7.15. The fourth-order valence-electron chi connectivity index (χ4n) is 4.01. The van der Waals surface area contributed by atoms with Gasteiger partial charge >= 0.3 is 6.03 Å². The van der Waals surface area contributed by atoms with E-state index in [1.807, 2.05) is 4.90 Å². The molecule has 22 heavy (non-hydrogen) atoms. The summed E-state index contributed by atoms with van der Waals surface area (Å²) < 4.78 is 5.32. The molecule has 2 aliphatic heterocycles. The maximum absolute atomic E-state index is 12.3. The van der Waals surface area contributed by atoms with Crippen molar-refractivity contribution < 1.29 is 14.6 Å². The molecule has 2 heterocycles. The lowest BCUT2D eigenvalue weighted by atomic mass is 9.71. The van der Waals surface area contributed by atoms with Crippen LogP contribution in [0.3, 0.4) is 0 Å². The third-order valence-electron chi connectivity index (χ3n) is 5.52. The number of morpholine rings is 1. The number of aliphatic hydroxyl groups is 1. The van der Waals surface area contributed by atoms with Gasteiger partial charge in [0.05, 0.1) is 18.8 Å². The van der Waals surface area contributed by atoms with Crippen molar-refractivity contribution in [3.63, 3.8) is 0 Å². The van der Waals surface area contributed by atoms with E-state index < -0.39 is 5.60 Å². The molecular weight excluding hydrogens is 282 g/mol. The fraction of sp³-hybridized carbons (Fsp3) is 0.938. The van der Waals surface area contributed by atoms with Gasteiger partial charge in [-0.25, -0.2) is 4.79 Å². The smallest absolute Gasteiger partial charge is 0.317 e. The minimum Gasteiger partial charge on any atom is -0.389 e. The number of fused-ring (bicyclic) bond motifs is 1. The van der Waals surface area contributed by atoms with Crippen molar-refractivity contribution in [2.45, 2.75) is 37.7 Å². The average molecular weight is 311 g/mol. The molecule has 2 saturated heterocycles. The van der Waals surface area contributed by atoms with Crippen LogP contribution in [-0.2, 0) is 4.74 Å². The first-order chi connectivity index (χ1) is 10.7. The molecule has 3 fully saturated rings. The molecule has 0 aromatic rings. The molecule has 126 valence electrons. The minimum atomic E-state index is -0.511. The molecule has 0 bridgehead atoms. The third kappa shape index (κ3) is 3.73. The lowest BCUT2D eigenvalue weighted by Crippen LogP contribution is -2.56. The van der Waals surface area contributed by atoms with Crippen molar-refractivity contribution in [1.82, 2.24) is 15.1 Å². The number of urea groups is 1. The summed E-state index contributed by atoms with van der Waals surface area (Å²) in [6.45, 7) is 6.45. The first-order valence-electron chi connectivity index (χ1n) is 8.73. The number of nitrogens with one attached hydrogen (secondary N) is 1. The summed E-state index contributed by atoms with van der Waals surface area (Å²) in [6, 6.07) is 0.0286. The maximum atomic E-state index is 12.3. The summed E-state index contributed by atoms with van der Waals surface area (Å²) in [5.41, 5.74) is -0.511. The van der Waals surface area contributed by atoms with Gasteiger partial charge in [0.15, 0.2) is 0 Å². The lowest BCUT2D eigenvalue weighted by Gasteiger charge is -2.47. The van der Waals surface area contributed by atoms with Gasteiger partial charge in [-0.05, 0) is 19.3 Å². The van der Waals surface area contributed by atoms with Crippen molar-refractivity contribution >= 4 is 6.03 Å². The Labute approximate surface area is 132 Å². The maximum Gasteiger partial charge on any atom is 0.317 e. The number of nitrogens with zero attached hydrogens (tertiary/aromatic N) is 2. The van der Waals surface area contributed by atoms with Gasteiger partial charge in [0, 0.05) is 45.2 Å². The van der Waals surface area contributed by atoms with Crippen LogP contribution in [0.5, 0.6) is 0 Å². The quantitative estimate of drug-likeness (QED) is 0.803. The molecule has 0 spiro atoms. The molecule has 3 rings (SSSR count). The molecule has 3 aliphatic rings. The van der Waals surface area contributed by atoms with Crippen LogP contribution in [0.4, 0.5) is 4.79 Å². The van der Waals surface area contributed by atoms with Crippen molar-refractivity contribution in [2.75, 3.05) is 52.5 Å². The number of rotatable bonds is 3. The Morgan fingerprint density at radius 1 is 1.23 bits per heavy atom. The highest BCUT2D eigenvalue weighted by atomic mass is 16.5. The SMILES string of the molecule is O=C(NCCN1CCOCC1)N1CC[C@@]2(O)CCCC[C@H]2C1. The molecule has 1 saturated carbocycles. The van der Waals surface area contributed by atoms with E-state index in [9.17, 15) is 9.90 Å². The van der Waals surface area contributed by atoms with Crippen molar-refractivity contribution in [2.24, 2.45) is 5.92 Å². The average Bonchev–Trinajstić information content (AvgIpc) is 2.55. The summed E-state index contributed by atoms with van der Waals surface area (Å²) in [5.74, 6) is 0.264. The van der Waals surface area contributed by atoms with Crippen LogP contribution >= 0.6 is 0 Å². The number of carbonyl (C=O) groups excluding carboxylic acids is 1. The summed E-state index contributed by atoms with van der Waals surface area (Å²) in [5, 5.41) is 13.7. The number of hydrogen-bond acceptors (Lipinski definition) is 4. The topological polar surface area (TPSA) is 65.0 Å². The van der Waals surface area contributed by atoms with Gasteiger partial charge < -0.3 is 20.1 Å². The molecule has 0 aromatic carbocycles. The van der Waals surface area contributed by atoms with E-state index in [1.54, 1.807) is 0 Å². The van der Waals surface area contributed by atoms with Gasteiger partial charge in [-0.15, -0.1) is 0 Å². The molecule has 6 heteroatoms. The first kappa shape index (κ1) is 16.0. The zero-order valence-electron chi connectivity index (χ0n) is 13.4. The molecule has 0 radical (unpaired) electrons. The zero-order chi connectivity index (χ0) is 15.4. The first-order valence-corrected chi connectivity index (χ1v) is 8.73. The Bertz CT molecular complexity index is 387. The zero-order valence-corrected chi connectivity index (χ0v) is 13.4. The molecule has 0 aromatic heterocycles. The number of ether oxygens (including phenoxy) is 1. The van der Waals surface area contributed by atoms with Crippen LogP contribution in [0.2, 0.25) is 0 Å². The van der Waals surface area contributed by atoms with Gasteiger partial charge in [0.2, 0.25) is 0 Å². The fourth-order valence-corrected chi connectivity index (χ4v) is 4.01. The van der Waals surface area contributed by atoms with Crippen LogP contribution in [0.1, 0.15) is 32.1 Å². The Morgan fingerprint density at radius 2 is 2.05 bits per heavy atom. The summed E-state index contributed by atoms with van der Waals surface area (Å²) in [4.78, 5) is 16.5. The van der Waals surface area contributed by atoms with Crippen LogP contribution in [0.15, 0.2) is 0 Å². The highest BCUT2D eigenvalue weighted by Crippen LogP contribution is 2.39. The summed E-state index contributed by atoms with van der Waals surface area (Å²) >= 11 is 0. The van der Waals surface area contributed by atoms with E-state index in [-0.39, 0.29) is 11.9 Å². The van der Waals surface area contributed by atoms with Gasteiger partial charge in [-0.3, -0.25) is 4.90 Å². The van der Waals surface area contributed by atoms with Crippen LogP contribution in [-0.4, -0.2) is 79.0 Å². The Morgan fingerprint density at radius 3 is 2.86 bits per heavy atom. The summed E-state index contributed by atoms with van der Waals surface area (Å²) in [6.07, 6.45) is 4.99. The van der Waals surface area contributed by atoms with Crippen molar-refractivity contribution in [3.05, 3.63) is 0 Å². The molecule has 2 amide bonds. The monoisotopic (exact) mass is 311 g/mol. The van der Waals surface area contributed by atoms with E-state index in [1.165, 1.54) is 6.42 Å². The lowest BCUT2D eigenvalue weighted by molar-refractivity contribution is -0.0870. The third-order valence-corrected chi connectivity index (χ3v) is 5.52. The van der Waals surface area contributed by atoms with E-state index in [2.05, 4.69) is 10.2 Å². The van der Waals surface area contributed by atoms with Gasteiger partial charge in [-0.1, -0.05) is 12.8 Å². The normalized spacial score (nSPS) is 33.3. The van der Waals surface area contributed by atoms with Gasteiger partial charge in [-0.2, -0.15) is 0 Å². The predicted octanol–water partition coefficient (Wildman–Crippen LogP) is 0.655. The number of hydrogen-bond donors (Lipinski definition) is 2. The van der Waals surface area contributed by atoms with E-state index in [0.29, 0.717) is 19.6 Å². The minimum absolute atomic E-state index is 0.0286. The summed E-state index contributed by atoms with van der Waals surface area (Å²) in [7, 11) is 0. The number of amides is 2. The van der Waals surface area contributed by atoms with E-state index >= 15 is 0 Å². The number of carbonyl (C=O) groups is 1. The Hall–Kier alpha value is -0.850. The second-order valence-electron chi connectivity index (χ2n) is 6.93. The Kier molecular flexibility index (Phi) is 5.21. The standard InChI is InChI=1S/C16H29N3O3/c20-15(17-6-8-18-9-11-22-12-10-18)19-7-5-16(21)4-2-1-3-14(16)13-19/h14,21H,1-13H2,(H,17,20)/t14-,16-/m0/s1. The van der Waals surface area contributed by atoms with Crippen LogP contribution < -0.4 is 5.32 Å². The molecule has 2 atom stereocenters. The largest absolute Gasteiger partial charge is 0.389 e. The number of piperidine rings is 1. The van der Waals surface area contributed by atoms with Crippen molar-refractivity contribution in [3.8, 4) is 0 Å². The van der Waals surface area contributed by atoms with Gasteiger partial charge in [0.1, 0.15) is 0 Å². The van der Waals surface area contributed by atoms with E-state index in [0.717, 1.165) is 58.5 Å².